The lowest BCUT2D eigenvalue weighted by Gasteiger charge is -2.06. The van der Waals surface area contributed by atoms with Crippen molar-refractivity contribution in [3.63, 3.8) is 0 Å². The summed E-state index contributed by atoms with van der Waals surface area (Å²) in [4.78, 5) is 15.4. The largest absolute Gasteiger partial charge is 0.505 e. The van der Waals surface area contributed by atoms with E-state index in [1.165, 1.54) is 12.3 Å². The van der Waals surface area contributed by atoms with E-state index in [1.807, 2.05) is 0 Å². The number of carbonyl (C=O) groups excluding carboxylic acids is 1. The van der Waals surface area contributed by atoms with E-state index in [2.05, 4.69) is 15.6 Å². The van der Waals surface area contributed by atoms with Gasteiger partial charge in [0, 0.05) is 32.9 Å². The first-order valence-corrected chi connectivity index (χ1v) is 5.37. The van der Waals surface area contributed by atoms with Crippen LogP contribution in [0.15, 0.2) is 18.3 Å². The van der Waals surface area contributed by atoms with E-state index in [1.54, 1.807) is 13.2 Å². The predicted molar refractivity (Wildman–Crippen MR) is 63.0 cm³/mol. The van der Waals surface area contributed by atoms with E-state index in [0.29, 0.717) is 19.7 Å². The third-order valence-electron chi connectivity index (χ3n) is 2.07. The number of nitrogens with one attached hydrogen (secondary N) is 2. The first kappa shape index (κ1) is 13.4. The van der Waals surface area contributed by atoms with Crippen LogP contribution in [0.3, 0.4) is 0 Å². The molecule has 0 bridgehead atoms. The summed E-state index contributed by atoms with van der Waals surface area (Å²) >= 11 is 0. The molecule has 0 aliphatic rings. The topological polar surface area (TPSA) is 83.5 Å². The zero-order valence-corrected chi connectivity index (χ0v) is 9.77. The van der Waals surface area contributed by atoms with E-state index < -0.39 is 0 Å². The van der Waals surface area contributed by atoms with E-state index >= 15 is 0 Å². The molecule has 0 aromatic carbocycles. The summed E-state index contributed by atoms with van der Waals surface area (Å²) in [5.74, 6) is -0.492. The highest BCUT2D eigenvalue weighted by Gasteiger charge is 2.10. The van der Waals surface area contributed by atoms with Crippen LogP contribution in [0.4, 0.5) is 0 Å². The molecule has 1 aromatic rings. The Morgan fingerprint density at radius 2 is 2.29 bits per heavy atom. The highest BCUT2D eigenvalue weighted by atomic mass is 16.5. The highest BCUT2D eigenvalue weighted by Crippen LogP contribution is 2.11. The molecule has 1 heterocycles. The van der Waals surface area contributed by atoms with Crippen molar-refractivity contribution < 1.29 is 14.6 Å². The lowest BCUT2D eigenvalue weighted by atomic mass is 10.3. The smallest absolute Gasteiger partial charge is 0.273 e. The van der Waals surface area contributed by atoms with Crippen molar-refractivity contribution >= 4 is 5.91 Å². The van der Waals surface area contributed by atoms with Crippen LogP contribution in [0.2, 0.25) is 0 Å². The summed E-state index contributed by atoms with van der Waals surface area (Å²) in [7, 11) is 1.63. The molecule has 0 radical (unpaired) electrons. The van der Waals surface area contributed by atoms with Gasteiger partial charge in [-0.3, -0.25) is 4.79 Å². The summed E-state index contributed by atoms with van der Waals surface area (Å²) in [6.07, 6.45) is 1.46. The molecule has 17 heavy (non-hydrogen) atoms. The van der Waals surface area contributed by atoms with Gasteiger partial charge in [0.1, 0.15) is 5.75 Å². The second-order valence-electron chi connectivity index (χ2n) is 3.37. The van der Waals surface area contributed by atoms with Crippen molar-refractivity contribution in [3.05, 3.63) is 24.0 Å². The van der Waals surface area contributed by atoms with Crippen LogP contribution >= 0.6 is 0 Å². The Balaban J connectivity index is 2.24. The summed E-state index contributed by atoms with van der Waals surface area (Å²) in [5.41, 5.74) is 0.0457. The van der Waals surface area contributed by atoms with Crippen LogP contribution in [0.25, 0.3) is 0 Å². The Morgan fingerprint density at radius 3 is 3.00 bits per heavy atom. The summed E-state index contributed by atoms with van der Waals surface area (Å²) in [6.45, 7) is 2.48. The van der Waals surface area contributed by atoms with Gasteiger partial charge in [0.15, 0.2) is 5.69 Å². The molecule has 94 valence electrons. The molecule has 1 aromatic heterocycles. The lowest BCUT2D eigenvalue weighted by molar-refractivity contribution is 0.0946. The van der Waals surface area contributed by atoms with Gasteiger partial charge < -0.3 is 20.5 Å². The molecular weight excluding hydrogens is 222 g/mol. The second-order valence-corrected chi connectivity index (χ2v) is 3.37. The minimum atomic E-state index is -0.378. The van der Waals surface area contributed by atoms with Gasteiger partial charge in [-0.1, -0.05) is 0 Å². The molecule has 0 saturated heterocycles. The Morgan fingerprint density at radius 1 is 1.47 bits per heavy atom. The number of pyridine rings is 1. The number of methoxy groups -OCH3 is 1. The van der Waals surface area contributed by atoms with Gasteiger partial charge in [0.25, 0.3) is 5.91 Å². The summed E-state index contributed by atoms with van der Waals surface area (Å²) in [5, 5.41) is 15.1. The van der Waals surface area contributed by atoms with Crippen LogP contribution in [0.1, 0.15) is 10.5 Å². The van der Waals surface area contributed by atoms with Crippen molar-refractivity contribution in [3.8, 4) is 5.75 Å². The van der Waals surface area contributed by atoms with E-state index in [-0.39, 0.29) is 17.4 Å². The number of hydrogen-bond acceptors (Lipinski definition) is 5. The summed E-state index contributed by atoms with van der Waals surface area (Å²) in [6, 6.07) is 3.00. The van der Waals surface area contributed by atoms with Gasteiger partial charge in [0.2, 0.25) is 0 Å². The van der Waals surface area contributed by atoms with Crippen molar-refractivity contribution in [1.29, 1.82) is 0 Å². The van der Waals surface area contributed by atoms with E-state index in [4.69, 9.17) is 4.74 Å². The Labute approximate surface area is 100 Å². The fraction of sp³-hybridized carbons (Fsp3) is 0.455. The first-order chi connectivity index (χ1) is 8.25. The molecule has 0 saturated carbocycles. The van der Waals surface area contributed by atoms with Gasteiger partial charge in [-0.15, -0.1) is 0 Å². The average Bonchev–Trinajstić information content (AvgIpc) is 2.34. The molecule has 3 N–H and O–H groups in total. The Kier molecular flexibility index (Phi) is 5.98. The van der Waals surface area contributed by atoms with Crippen LogP contribution in [-0.2, 0) is 4.74 Å². The molecule has 0 atom stereocenters. The minimum absolute atomic E-state index is 0.0457. The molecule has 0 fully saturated rings. The van der Waals surface area contributed by atoms with E-state index in [0.717, 1.165) is 6.54 Å². The molecule has 1 rings (SSSR count). The first-order valence-electron chi connectivity index (χ1n) is 5.37. The number of rotatable bonds is 7. The van der Waals surface area contributed by atoms with E-state index in [9.17, 15) is 9.90 Å². The highest BCUT2D eigenvalue weighted by molar-refractivity contribution is 5.94. The normalized spacial score (nSPS) is 10.2. The predicted octanol–water partition coefficient (Wildman–Crippen LogP) is -0.247. The maximum atomic E-state index is 11.6. The monoisotopic (exact) mass is 239 g/mol. The number of amides is 1. The molecule has 0 aliphatic heterocycles. The maximum Gasteiger partial charge on any atom is 0.273 e. The standard InChI is InChI=1S/C11H17N3O3/c1-17-8-7-12-5-6-14-11(16)10-9(15)3-2-4-13-10/h2-4,12,15H,5-8H2,1H3,(H,14,16). The zero-order valence-electron chi connectivity index (χ0n) is 9.77. The van der Waals surface area contributed by atoms with Crippen LogP contribution in [0.5, 0.6) is 5.75 Å². The Bertz CT molecular complexity index is 358. The third kappa shape index (κ3) is 4.80. The number of carbonyl (C=O) groups is 1. The number of ether oxygens (including phenoxy) is 1. The zero-order chi connectivity index (χ0) is 12.5. The van der Waals surface area contributed by atoms with Crippen molar-refractivity contribution in [2.24, 2.45) is 0 Å². The van der Waals surface area contributed by atoms with Crippen LogP contribution in [-0.4, -0.2) is 49.3 Å². The number of hydrogen-bond donors (Lipinski definition) is 3. The van der Waals surface area contributed by atoms with Gasteiger partial charge in [-0.25, -0.2) is 4.98 Å². The van der Waals surface area contributed by atoms with Crippen molar-refractivity contribution in [2.75, 3.05) is 33.4 Å². The fourth-order valence-electron chi connectivity index (χ4n) is 1.22. The van der Waals surface area contributed by atoms with Crippen LogP contribution in [0, 0.1) is 0 Å². The fourth-order valence-corrected chi connectivity index (χ4v) is 1.22. The Hall–Kier alpha value is -1.66. The molecule has 6 nitrogen and oxygen atoms in total. The van der Waals surface area contributed by atoms with Crippen molar-refractivity contribution in [2.45, 2.75) is 0 Å². The SMILES string of the molecule is COCCNCCNC(=O)c1ncccc1O. The second kappa shape index (κ2) is 7.59. The number of aromatic nitrogens is 1. The number of aromatic hydroxyl groups is 1. The minimum Gasteiger partial charge on any atom is -0.505 e. The average molecular weight is 239 g/mol. The molecule has 6 heteroatoms. The number of nitrogens with zero attached hydrogens (tertiary/aromatic N) is 1. The molecule has 0 unspecified atom stereocenters. The van der Waals surface area contributed by atoms with Gasteiger partial charge in [-0.2, -0.15) is 0 Å². The van der Waals surface area contributed by atoms with Gasteiger partial charge in [-0.05, 0) is 12.1 Å². The van der Waals surface area contributed by atoms with Gasteiger partial charge in [0.05, 0.1) is 6.61 Å². The molecule has 0 spiro atoms. The quantitative estimate of drug-likeness (QED) is 0.572. The van der Waals surface area contributed by atoms with Gasteiger partial charge >= 0.3 is 0 Å². The molecule has 0 aliphatic carbocycles. The molecular formula is C11H17N3O3. The summed E-state index contributed by atoms with van der Waals surface area (Å²) < 4.78 is 4.86. The third-order valence-corrected chi connectivity index (χ3v) is 2.07. The molecule has 1 amide bonds. The van der Waals surface area contributed by atoms with Crippen molar-refractivity contribution in [1.82, 2.24) is 15.6 Å². The lowest BCUT2D eigenvalue weighted by Crippen LogP contribution is -2.33. The maximum absolute atomic E-state index is 11.6. The van der Waals surface area contributed by atoms with Crippen LogP contribution < -0.4 is 10.6 Å².